The van der Waals surface area contributed by atoms with Gasteiger partial charge in [-0.3, -0.25) is 0 Å². The van der Waals surface area contributed by atoms with Crippen molar-refractivity contribution >= 4 is 33.8 Å². The zero-order valence-corrected chi connectivity index (χ0v) is 9.96. The molecule has 0 aliphatic carbocycles. The number of anilines is 1. The Morgan fingerprint density at radius 2 is 2.24 bits per heavy atom. The highest BCUT2D eigenvalue weighted by Crippen LogP contribution is 2.12. The fraction of sp³-hybridized carbons (Fsp3) is 0. The van der Waals surface area contributed by atoms with Crippen LogP contribution in [0.5, 0.6) is 0 Å². The summed E-state index contributed by atoms with van der Waals surface area (Å²) in [5.74, 6) is 0.590. The van der Waals surface area contributed by atoms with E-state index in [9.17, 15) is 0 Å². The third-order valence-corrected chi connectivity index (χ3v) is 2.13. The molecule has 2 aromatic rings. The Morgan fingerprint density at radius 1 is 1.41 bits per heavy atom. The SMILES string of the molecule is N/C(=N\N=C\c1ccc(Br)o1)c1nonc1N. The molecule has 8 nitrogen and oxygen atoms in total. The molecule has 0 aliphatic rings. The number of hydrogen-bond acceptors (Lipinski definition) is 7. The molecule has 0 unspecified atom stereocenters. The van der Waals surface area contributed by atoms with E-state index in [-0.39, 0.29) is 17.3 Å². The van der Waals surface area contributed by atoms with Gasteiger partial charge in [-0.25, -0.2) is 4.63 Å². The lowest BCUT2D eigenvalue weighted by atomic mass is 10.4. The highest BCUT2D eigenvalue weighted by molar-refractivity contribution is 9.10. The van der Waals surface area contributed by atoms with Gasteiger partial charge < -0.3 is 15.9 Å². The first-order valence-corrected chi connectivity index (χ1v) is 5.16. The normalized spacial score (nSPS) is 12.4. The van der Waals surface area contributed by atoms with Gasteiger partial charge in [-0.05, 0) is 38.4 Å². The summed E-state index contributed by atoms with van der Waals surface area (Å²) in [5.41, 5.74) is 11.1. The average molecular weight is 299 g/mol. The molecule has 0 atom stereocenters. The summed E-state index contributed by atoms with van der Waals surface area (Å²) < 4.78 is 10.1. The first-order valence-electron chi connectivity index (χ1n) is 4.37. The van der Waals surface area contributed by atoms with E-state index in [1.807, 2.05) is 0 Å². The van der Waals surface area contributed by atoms with E-state index in [0.717, 1.165) is 0 Å². The monoisotopic (exact) mass is 298 g/mol. The number of halogens is 1. The maximum atomic E-state index is 5.56. The van der Waals surface area contributed by atoms with E-state index in [4.69, 9.17) is 15.9 Å². The molecular weight excluding hydrogens is 292 g/mol. The molecule has 88 valence electrons. The lowest BCUT2D eigenvalue weighted by molar-refractivity contribution is 0.308. The van der Waals surface area contributed by atoms with Gasteiger partial charge in [-0.1, -0.05) is 0 Å². The van der Waals surface area contributed by atoms with E-state index < -0.39 is 0 Å². The van der Waals surface area contributed by atoms with Crippen molar-refractivity contribution in [1.82, 2.24) is 10.3 Å². The molecule has 0 fully saturated rings. The molecule has 0 saturated heterocycles. The van der Waals surface area contributed by atoms with Crippen LogP contribution in [0.15, 0.2) is 36.1 Å². The largest absolute Gasteiger partial charge is 0.448 e. The van der Waals surface area contributed by atoms with Gasteiger partial charge >= 0.3 is 0 Å². The Labute approximate surface area is 103 Å². The first kappa shape index (κ1) is 11.3. The number of nitrogens with zero attached hydrogens (tertiary/aromatic N) is 4. The highest BCUT2D eigenvalue weighted by atomic mass is 79.9. The second-order valence-corrected chi connectivity index (χ2v) is 3.65. The molecule has 0 bridgehead atoms. The van der Waals surface area contributed by atoms with Crippen LogP contribution in [0.1, 0.15) is 11.5 Å². The van der Waals surface area contributed by atoms with Crippen LogP contribution >= 0.6 is 15.9 Å². The van der Waals surface area contributed by atoms with Gasteiger partial charge in [0.15, 0.2) is 22.0 Å². The fourth-order valence-electron chi connectivity index (χ4n) is 0.966. The van der Waals surface area contributed by atoms with Gasteiger partial charge in [0, 0.05) is 0 Å². The van der Waals surface area contributed by atoms with Crippen LogP contribution in [0, 0.1) is 0 Å². The predicted molar refractivity (Wildman–Crippen MR) is 63.4 cm³/mol. The molecule has 17 heavy (non-hydrogen) atoms. The smallest absolute Gasteiger partial charge is 0.199 e. The molecule has 9 heteroatoms. The standard InChI is InChI=1S/C8H7BrN6O2/c9-5-2-1-4(16-5)3-12-13-7(10)6-8(11)15-17-14-6/h1-3H,(H2,10,13)(H2,11,15)/b12-3+. The van der Waals surface area contributed by atoms with Crippen LogP contribution in [0.4, 0.5) is 5.82 Å². The van der Waals surface area contributed by atoms with E-state index in [1.54, 1.807) is 12.1 Å². The molecule has 0 aromatic carbocycles. The van der Waals surface area contributed by atoms with Crippen molar-refractivity contribution in [2.45, 2.75) is 0 Å². The molecule has 4 N–H and O–H groups in total. The molecule has 0 saturated carbocycles. The van der Waals surface area contributed by atoms with E-state index in [0.29, 0.717) is 10.4 Å². The maximum Gasteiger partial charge on any atom is 0.199 e. The zero-order chi connectivity index (χ0) is 12.3. The van der Waals surface area contributed by atoms with Crippen LogP contribution in [-0.2, 0) is 0 Å². The van der Waals surface area contributed by atoms with E-state index in [2.05, 4.69) is 41.1 Å². The third-order valence-electron chi connectivity index (χ3n) is 1.70. The van der Waals surface area contributed by atoms with Crippen LogP contribution in [0.2, 0.25) is 0 Å². The second-order valence-electron chi connectivity index (χ2n) is 2.87. The van der Waals surface area contributed by atoms with Crippen LogP contribution in [-0.4, -0.2) is 22.4 Å². The summed E-state index contributed by atoms with van der Waals surface area (Å²) in [4.78, 5) is 0. The summed E-state index contributed by atoms with van der Waals surface area (Å²) in [6.07, 6.45) is 1.39. The number of nitrogens with two attached hydrogens (primary N) is 2. The molecule has 2 aromatic heterocycles. The molecule has 0 aliphatic heterocycles. The Bertz CT molecular complexity index is 572. The molecule has 2 rings (SSSR count). The zero-order valence-electron chi connectivity index (χ0n) is 8.37. The molecule has 0 radical (unpaired) electrons. The predicted octanol–water partition coefficient (Wildman–Crippen LogP) is 0.747. The summed E-state index contributed by atoms with van der Waals surface area (Å²) in [7, 11) is 0. The maximum absolute atomic E-state index is 5.56. The minimum atomic E-state index is 0.00521. The Morgan fingerprint density at radius 3 is 2.82 bits per heavy atom. The van der Waals surface area contributed by atoms with Gasteiger partial charge in [0.1, 0.15) is 5.76 Å². The third kappa shape index (κ3) is 2.69. The van der Waals surface area contributed by atoms with Gasteiger partial charge in [0.05, 0.1) is 6.21 Å². The van der Waals surface area contributed by atoms with Crippen molar-refractivity contribution in [3.8, 4) is 0 Å². The summed E-state index contributed by atoms with van der Waals surface area (Å²) >= 11 is 3.16. The number of nitrogen functional groups attached to an aromatic ring is 1. The number of amidine groups is 1. The minimum absolute atomic E-state index is 0.00521. The second kappa shape index (κ2) is 4.78. The number of aromatic nitrogens is 2. The van der Waals surface area contributed by atoms with Crippen molar-refractivity contribution in [2.75, 3.05) is 5.73 Å². The Kier molecular flexibility index (Phi) is 3.19. The summed E-state index contributed by atoms with van der Waals surface area (Å²) in [6.45, 7) is 0. The van der Waals surface area contributed by atoms with Crippen molar-refractivity contribution in [1.29, 1.82) is 0 Å². The molecule has 0 spiro atoms. The summed E-state index contributed by atoms with van der Waals surface area (Å²) in [5, 5.41) is 14.2. The number of hydrogen-bond donors (Lipinski definition) is 2. The average Bonchev–Trinajstić information content (AvgIpc) is 2.87. The van der Waals surface area contributed by atoms with Crippen molar-refractivity contribution in [3.05, 3.63) is 28.3 Å². The molecular formula is C8H7BrN6O2. The number of furan rings is 1. The van der Waals surface area contributed by atoms with Gasteiger partial charge in [-0.2, -0.15) is 5.10 Å². The summed E-state index contributed by atoms with van der Waals surface area (Å²) in [6, 6.07) is 3.44. The van der Waals surface area contributed by atoms with Crippen LogP contribution in [0.3, 0.4) is 0 Å². The number of rotatable bonds is 3. The van der Waals surface area contributed by atoms with Gasteiger partial charge in [0.2, 0.25) is 0 Å². The quantitative estimate of drug-likeness (QED) is 0.488. The topological polar surface area (TPSA) is 129 Å². The van der Waals surface area contributed by atoms with Crippen molar-refractivity contribution < 1.29 is 9.05 Å². The highest BCUT2D eigenvalue weighted by Gasteiger charge is 2.09. The van der Waals surface area contributed by atoms with Crippen LogP contribution < -0.4 is 11.5 Å². The van der Waals surface area contributed by atoms with E-state index in [1.165, 1.54) is 6.21 Å². The minimum Gasteiger partial charge on any atom is -0.448 e. The van der Waals surface area contributed by atoms with E-state index >= 15 is 0 Å². The Balaban J connectivity index is 2.11. The first-order chi connectivity index (χ1) is 8.16. The fourth-order valence-corrected chi connectivity index (χ4v) is 1.29. The van der Waals surface area contributed by atoms with Gasteiger partial charge in [-0.15, -0.1) is 5.10 Å². The molecule has 2 heterocycles. The van der Waals surface area contributed by atoms with Crippen molar-refractivity contribution in [2.24, 2.45) is 15.9 Å². The Hall–Kier alpha value is -2.16. The van der Waals surface area contributed by atoms with Crippen LogP contribution in [0.25, 0.3) is 0 Å². The van der Waals surface area contributed by atoms with Crippen molar-refractivity contribution in [3.63, 3.8) is 0 Å². The lowest BCUT2D eigenvalue weighted by Crippen LogP contribution is -2.15. The molecule has 0 amide bonds. The lowest BCUT2D eigenvalue weighted by Gasteiger charge is -1.90. The van der Waals surface area contributed by atoms with Gasteiger partial charge in [0.25, 0.3) is 0 Å².